The summed E-state index contributed by atoms with van der Waals surface area (Å²) in [5, 5.41) is 10.1. The number of carbonyl (C=O) groups is 1. The SMILES string of the molecule is Cc1ncsc1C([O])=O. The maximum absolute atomic E-state index is 10.1. The number of aromatic nitrogens is 1. The Bertz CT molecular complexity index is 231. The number of hydrogen-bond donors (Lipinski definition) is 0. The Balaban J connectivity index is 3.08. The van der Waals surface area contributed by atoms with Crippen LogP contribution in [0.2, 0.25) is 0 Å². The molecule has 0 bridgehead atoms. The van der Waals surface area contributed by atoms with Crippen LogP contribution in [0.25, 0.3) is 0 Å². The third-order valence-electron chi connectivity index (χ3n) is 0.931. The quantitative estimate of drug-likeness (QED) is 0.587. The standard InChI is InChI=1S/C5H4NO2S/c1-3-4(5(7)8)9-2-6-3/h2H,1H3. The second-order valence-electron chi connectivity index (χ2n) is 1.55. The summed E-state index contributed by atoms with van der Waals surface area (Å²) in [4.78, 5) is 14.1. The molecule has 0 fully saturated rings. The van der Waals surface area contributed by atoms with Crippen molar-refractivity contribution in [2.24, 2.45) is 0 Å². The molecule has 0 unspecified atom stereocenters. The molecule has 3 nitrogen and oxygen atoms in total. The minimum atomic E-state index is -1.14. The van der Waals surface area contributed by atoms with E-state index in [0.29, 0.717) is 5.69 Å². The molecule has 1 aromatic rings. The summed E-state index contributed by atoms with van der Waals surface area (Å²) in [5.74, 6) is -1.14. The zero-order valence-electron chi connectivity index (χ0n) is 4.75. The Morgan fingerprint density at radius 1 is 1.78 bits per heavy atom. The Morgan fingerprint density at radius 3 is 2.67 bits per heavy atom. The fraction of sp³-hybridized carbons (Fsp3) is 0.200. The lowest BCUT2D eigenvalue weighted by atomic mass is 10.4. The van der Waals surface area contributed by atoms with Crippen LogP contribution in [0, 0.1) is 6.92 Å². The first-order chi connectivity index (χ1) is 4.22. The average molecular weight is 142 g/mol. The number of carbonyl (C=O) groups excluding carboxylic acids is 1. The number of aryl methyl sites for hydroxylation is 1. The second-order valence-corrected chi connectivity index (χ2v) is 2.41. The zero-order chi connectivity index (χ0) is 6.85. The van der Waals surface area contributed by atoms with Crippen molar-refractivity contribution in [1.82, 2.24) is 4.98 Å². The number of rotatable bonds is 1. The van der Waals surface area contributed by atoms with Crippen LogP contribution in [0.15, 0.2) is 5.51 Å². The molecule has 0 amide bonds. The summed E-state index contributed by atoms with van der Waals surface area (Å²) in [7, 11) is 0. The highest BCUT2D eigenvalue weighted by Gasteiger charge is 2.10. The molecular weight excluding hydrogens is 138 g/mol. The Kier molecular flexibility index (Phi) is 1.48. The molecule has 0 spiro atoms. The topological polar surface area (TPSA) is 49.9 Å². The summed E-state index contributed by atoms with van der Waals surface area (Å²) in [6, 6.07) is 0. The molecule has 0 aliphatic rings. The van der Waals surface area contributed by atoms with Gasteiger partial charge in [0.15, 0.2) is 0 Å². The Hall–Kier alpha value is -0.900. The highest BCUT2D eigenvalue weighted by molar-refractivity contribution is 7.11. The van der Waals surface area contributed by atoms with Crippen molar-refractivity contribution in [2.45, 2.75) is 6.92 Å². The molecule has 1 aromatic heterocycles. The third-order valence-corrected chi connectivity index (χ3v) is 1.84. The van der Waals surface area contributed by atoms with Crippen molar-refractivity contribution in [1.29, 1.82) is 0 Å². The molecule has 47 valence electrons. The fourth-order valence-electron chi connectivity index (χ4n) is 0.498. The molecule has 0 aliphatic heterocycles. The van der Waals surface area contributed by atoms with E-state index in [1.807, 2.05) is 0 Å². The van der Waals surface area contributed by atoms with Gasteiger partial charge in [0, 0.05) is 0 Å². The summed E-state index contributed by atoms with van der Waals surface area (Å²) in [6.07, 6.45) is 0. The molecule has 1 heterocycles. The minimum Gasteiger partial charge on any atom is -0.249 e. The van der Waals surface area contributed by atoms with Crippen molar-refractivity contribution in [3.05, 3.63) is 16.1 Å². The fourth-order valence-corrected chi connectivity index (χ4v) is 1.13. The van der Waals surface area contributed by atoms with Gasteiger partial charge in [0.05, 0.1) is 11.2 Å². The number of hydrogen-bond acceptors (Lipinski definition) is 3. The van der Waals surface area contributed by atoms with E-state index >= 15 is 0 Å². The lowest BCUT2D eigenvalue weighted by Crippen LogP contribution is -1.91. The zero-order valence-corrected chi connectivity index (χ0v) is 5.57. The predicted molar refractivity (Wildman–Crippen MR) is 31.9 cm³/mol. The predicted octanol–water partition coefficient (Wildman–Crippen LogP) is 1.02. The summed E-state index contributed by atoms with van der Waals surface area (Å²) < 4.78 is 0. The number of nitrogens with zero attached hydrogens (tertiary/aromatic N) is 1. The second kappa shape index (κ2) is 2.14. The lowest BCUT2D eigenvalue weighted by molar-refractivity contribution is 0.0578. The van der Waals surface area contributed by atoms with Crippen molar-refractivity contribution in [2.75, 3.05) is 0 Å². The average Bonchev–Trinajstić information content (AvgIpc) is 2.13. The van der Waals surface area contributed by atoms with E-state index in [0.717, 1.165) is 11.3 Å². The molecule has 0 N–H and O–H groups in total. The van der Waals surface area contributed by atoms with Gasteiger partial charge < -0.3 is 0 Å². The van der Waals surface area contributed by atoms with Crippen LogP contribution in [-0.4, -0.2) is 11.0 Å². The van der Waals surface area contributed by atoms with Crippen molar-refractivity contribution >= 4 is 17.3 Å². The first-order valence-electron chi connectivity index (χ1n) is 2.33. The molecule has 0 aromatic carbocycles. The Morgan fingerprint density at radius 2 is 2.44 bits per heavy atom. The summed E-state index contributed by atoms with van der Waals surface area (Å²) in [6.45, 7) is 1.64. The van der Waals surface area contributed by atoms with Crippen LogP contribution in [-0.2, 0) is 5.11 Å². The third kappa shape index (κ3) is 1.08. The normalized spacial score (nSPS) is 9.44. The van der Waals surface area contributed by atoms with Gasteiger partial charge in [-0.1, -0.05) is 0 Å². The molecular formula is C5H4NO2S. The van der Waals surface area contributed by atoms with Crippen molar-refractivity contribution in [3.8, 4) is 0 Å². The van der Waals surface area contributed by atoms with Crippen LogP contribution in [0.3, 0.4) is 0 Å². The highest BCUT2D eigenvalue weighted by atomic mass is 32.1. The Labute approximate surface area is 56.0 Å². The molecule has 1 rings (SSSR count). The van der Waals surface area contributed by atoms with E-state index in [1.165, 1.54) is 5.51 Å². The molecule has 4 heteroatoms. The summed E-state index contributed by atoms with van der Waals surface area (Å²) in [5.41, 5.74) is 2.01. The van der Waals surface area contributed by atoms with Gasteiger partial charge in [-0.2, -0.15) is 0 Å². The van der Waals surface area contributed by atoms with Gasteiger partial charge in [-0.05, 0) is 6.92 Å². The van der Waals surface area contributed by atoms with Gasteiger partial charge in [-0.15, -0.1) is 11.3 Å². The molecule has 0 atom stereocenters. The van der Waals surface area contributed by atoms with E-state index in [-0.39, 0.29) is 4.88 Å². The van der Waals surface area contributed by atoms with Crippen LogP contribution < -0.4 is 0 Å². The van der Waals surface area contributed by atoms with E-state index in [1.54, 1.807) is 6.92 Å². The van der Waals surface area contributed by atoms with E-state index in [4.69, 9.17) is 0 Å². The van der Waals surface area contributed by atoms with Gasteiger partial charge in [-0.25, -0.2) is 14.9 Å². The molecule has 0 saturated heterocycles. The minimum absolute atomic E-state index is 0.218. The molecule has 0 saturated carbocycles. The van der Waals surface area contributed by atoms with Gasteiger partial charge in [0.2, 0.25) is 0 Å². The van der Waals surface area contributed by atoms with Crippen LogP contribution >= 0.6 is 11.3 Å². The highest BCUT2D eigenvalue weighted by Crippen LogP contribution is 2.10. The maximum Gasteiger partial charge on any atom is 0.398 e. The smallest absolute Gasteiger partial charge is 0.249 e. The van der Waals surface area contributed by atoms with E-state index in [9.17, 15) is 9.90 Å². The van der Waals surface area contributed by atoms with E-state index in [2.05, 4.69) is 4.98 Å². The van der Waals surface area contributed by atoms with Gasteiger partial charge in [0.25, 0.3) is 0 Å². The van der Waals surface area contributed by atoms with Gasteiger partial charge >= 0.3 is 5.97 Å². The summed E-state index contributed by atoms with van der Waals surface area (Å²) >= 11 is 1.08. The van der Waals surface area contributed by atoms with Crippen LogP contribution in [0.1, 0.15) is 15.4 Å². The number of thiazole rings is 1. The molecule has 0 aliphatic carbocycles. The van der Waals surface area contributed by atoms with Crippen molar-refractivity contribution < 1.29 is 9.90 Å². The molecule has 9 heavy (non-hydrogen) atoms. The van der Waals surface area contributed by atoms with Crippen LogP contribution in [0.4, 0.5) is 0 Å². The molecule has 1 radical (unpaired) electrons. The van der Waals surface area contributed by atoms with Crippen LogP contribution in [0.5, 0.6) is 0 Å². The lowest BCUT2D eigenvalue weighted by Gasteiger charge is -1.81. The largest absolute Gasteiger partial charge is 0.398 e. The first-order valence-corrected chi connectivity index (χ1v) is 3.21. The van der Waals surface area contributed by atoms with Crippen molar-refractivity contribution in [3.63, 3.8) is 0 Å². The van der Waals surface area contributed by atoms with Gasteiger partial charge in [-0.3, -0.25) is 0 Å². The monoisotopic (exact) mass is 142 g/mol. The van der Waals surface area contributed by atoms with E-state index < -0.39 is 5.97 Å². The maximum atomic E-state index is 10.1. The first kappa shape index (κ1) is 6.22. The van der Waals surface area contributed by atoms with Gasteiger partial charge in [0.1, 0.15) is 4.88 Å².